The number of pyridine rings is 1. The number of rotatable bonds is 4. The smallest absolute Gasteiger partial charge is 0.227 e. The third-order valence-electron chi connectivity index (χ3n) is 3.48. The van der Waals surface area contributed by atoms with Gasteiger partial charge in [0.1, 0.15) is 5.76 Å². The van der Waals surface area contributed by atoms with Crippen molar-refractivity contribution in [1.29, 1.82) is 0 Å². The standard InChI is InChI=1S/C15H17N3O2/c1-10-5-13(20-18-10)7-15(19)17-9-11-6-12-3-2-4-14(12)16-8-11/h5-6,8H,2-4,7,9H2,1H3,(H,17,19). The fraction of sp³-hybridized carbons (Fsp3) is 0.400. The lowest BCUT2D eigenvalue weighted by atomic mass is 10.1. The molecule has 2 aromatic heterocycles. The van der Waals surface area contributed by atoms with E-state index in [1.807, 2.05) is 13.1 Å². The molecule has 1 amide bonds. The Morgan fingerprint density at radius 3 is 3.10 bits per heavy atom. The van der Waals surface area contributed by atoms with Crippen molar-refractivity contribution in [2.75, 3.05) is 0 Å². The summed E-state index contributed by atoms with van der Waals surface area (Å²) in [6, 6.07) is 3.92. The minimum atomic E-state index is -0.0679. The third-order valence-corrected chi connectivity index (χ3v) is 3.48. The zero-order valence-corrected chi connectivity index (χ0v) is 11.5. The number of hydrogen-bond acceptors (Lipinski definition) is 4. The zero-order valence-electron chi connectivity index (χ0n) is 11.5. The second-order valence-corrected chi connectivity index (χ2v) is 5.19. The first kappa shape index (κ1) is 12.8. The lowest BCUT2D eigenvalue weighted by Gasteiger charge is -2.06. The molecular formula is C15H17N3O2. The fourth-order valence-electron chi connectivity index (χ4n) is 2.49. The number of nitrogens with one attached hydrogen (secondary N) is 1. The van der Waals surface area contributed by atoms with E-state index in [4.69, 9.17) is 4.52 Å². The Labute approximate surface area is 117 Å². The molecule has 0 aromatic carbocycles. The molecule has 2 aromatic rings. The molecule has 0 aliphatic heterocycles. The molecule has 0 saturated heterocycles. The average Bonchev–Trinajstić information content (AvgIpc) is 3.04. The highest BCUT2D eigenvalue weighted by atomic mass is 16.5. The number of carbonyl (C=O) groups excluding carboxylic acids is 1. The summed E-state index contributed by atoms with van der Waals surface area (Å²) in [5.41, 5.74) is 4.36. The SMILES string of the molecule is Cc1cc(CC(=O)NCc2cnc3c(c2)CCC3)on1. The van der Waals surface area contributed by atoms with Crippen LogP contribution in [0.3, 0.4) is 0 Å². The van der Waals surface area contributed by atoms with Gasteiger partial charge in [0.15, 0.2) is 0 Å². The molecule has 2 heterocycles. The van der Waals surface area contributed by atoms with Gasteiger partial charge in [-0.15, -0.1) is 0 Å². The second-order valence-electron chi connectivity index (χ2n) is 5.19. The van der Waals surface area contributed by atoms with Gasteiger partial charge in [-0.1, -0.05) is 11.2 Å². The van der Waals surface area contributed by atoms with Crippen molar-refractivity contribution in [2.24, 2.45) is 0 Å². The van der Waals surface area contributed by atoms with Crippen LogP contribution in [0.2, 0.25) is 0 Å². The molecule has 5 nitrogen and oxygen atoms in total. The molecule has 0 unspecified atom stereocenters. The molecule has 1 aliphatic rings. The highest BCUT2D eigenvalue weighted by Gasteiger charge is 2.13. The van der Waals surface area contributed by atoms with Crippen molar-refractivity contribution in [3.8, 4) is 0 Å². The molecule has 1 aliphatic carbocycles. The number of fused-ring (bicyclic) bond motifs is 1. The molecule has 20 heavy (non-hydrogen) atoms. The largest absolute Gasteiger partial charge is 0.361 e. The van der Waals surface area contributed by atoms with Crippen LogP contribution in [-0.4, -0.2) is 16.0 Å². The summed E-state index contributed by atoms with van der Waals surface area (Å²) in [7, 11) is 0. The van der Waals surface area contributed by atoms with Crippen molar-refractivity contribution in [2.45, 2.75) is 39.2 Å². The van der Waals surface area contributed by atoms with Crippen molar-refractivity contribution < 1.29 is 9.32 Å². The first-order chi connectivity index (χ1) is 9.70. The van der Waals surface area contributed by atoms with Crippen LogP contribution in [0.15, 0.2) is 22.9 Å². The molecule has 0 fully saturated rings. The fourth-order valence-corrected chi connectivity index (χ4v) is 2.49. The van der Waals surface area contributed by atoms with Gasteiger partial charge in [0.05, 0.1) is 12.1 Å². The van der Waals surface area contributed by atoms with E-state index in [0.717, 1.165) is 24.1 Å². The van der Waals surface area contributed by atoms with E-state index in [2.05, 4.69) is 21.5 Å². The van der Waals surface area contributed by atoms with E-state index >= 15 is 0 Å². The first-order valence-electron chi connectivity index (χ1n) is 6.86. The molecular weight excluding hydrogens is 254 g/mol. The van der Waals surface area contributed by atoms with E-state index in [1.165, 1.54) is 17.7 Å². The summed E-state index contributed by atoms with van der Waals surface area (Å²) in [6.07, 6.45) is 5.43. The van der Waals surface area contributed by atoms with Crippen molar-refractivity contribution in [3.05, 3.63) is 46.6 Å². The van der Waals surface area contributed by atoms with E-state index in [1.54, 1.807) is 6.07 Å². The number of amides is 1. The quantitative estimate of drug-likeness (QED) is 0.919. The topological polar surface area (TPSA) is 68.0 Å². The van der Waals surface area contributed by atoms with Crippen LogP contribution < -0.4 is 5.32 Å². The average molecular weight is 271 g/mol. The molecule has 0 bridgehead atoms. The Balaban J connectivity index is 1.55. The van der Waals surface area contributed by atoms with Gasteiger partial charge in [0, 0.05) is 24.5 Å². The maximum atomic E-state index is 11.8. The van der Waals surface area contributed by atoms with Crippen LogP contribution in [0.1, 0.15) is 34.7 Å². The van der Waals surface area contributed by atoms with Crippen molar-refractivity contribution >= 4 is 5.91 Å². The minimum absolute atomic E-state index is 0.0679. The summed E-state index contributed by atoms with van der Waals surface area (Å²) in [5.74, 6) is 0.522. The van der Waals surface area contributed by atoms with Crippen LogP contribution >= 0.6 is 0 Å². The van der Waals surface area contributed by atoms with Gasteiger partial charge in [-0.2, -0.15) is 0 Å². The highest BCUT2D eigenvalue weighted by Crippen LogP contribution is 2.20. The van der Waals surface area contributed by atoms with E-state index in [9.17, 15) is 4.79 Å². The normalized spacial score (nSPS) is 13.2. The van der Waals surface area contributed by atoms with E-state index in [-0.39, 0.29) is 12.3 Å². The van der Waals surface area contributed by atoms with E-state index < -0.39 is 0 Å². The summed E-state index contributed by atoms with van der Waals surface area (Å²) >= 11 is 0. The predicted octanol–water partition coefficient (Wildman–Crippen LogP) is 1.73. The summed E-state index contributed by atoms with van der Waals surface area (Å²) in [6.45, 7) is 2.34. The molecule has 1 N–H and O–H groups in total. The van der Waals surface area contributed by atoms with Crippen LogP contribution in [0, 0.1) is 6.92 Å². The van der Waals surface area contributed by atoms with Gasteiger partial charge in [0.2, 0.25) is 5.91 Å². The molecule has 0 radical (unpaired) electrons. The molecule has 104 valence electrons. The third kappa shape index (κ3) is 2.87. The van der Waals surface area contributed by atoms with Crippen LogP contribution in [-0.2, 0) is 30.6 Å². The van der Waals surface area contributed by atoms with Gasteiger partial charge in [-0.3, -0.25) is 9.78 Å². The van der Waals surface area contributed by atoms with E-state index in [0.29, 0.717) is 12.3 Å². The lowest BCUT2D eigenvalue weighted by Crippen LogP contribution is -2.24. The molecule has 0 atom stereocenters. The molecule has 0 spiro atoms. The number of carbonyl (C=O) groups is 1. The zero-order chi connectivity index (χ0) is 13.9. The Morgan fingerprint density at radius 1 is 1.40 bits per heavy atom. The maximum absolute atomic E-state index is 11.8. The summed E-state index contributed by atoms with van der Waals surface area (Å²) in [4.78, 5) is 16.3. The summed E-state index contributed by atoms with van der Waals surface area (Å²) < 4.78 is 5.02. The number of aryl methyl sites for hydroxylation is 3. The highest BCUT2D eigenvalue weighted by molar-refractivity contribution is 5.77. The molecule has 3 rings (SSSR count). The van der Waals surface area contributed by atoms with Crippen LogP contribution in [0.4, 0.5) is 0 Å². The predicted molar refractivity (Wildman–Crippen MR) is 73.1 cm³/mol. The maximum Gasteiger partial charge on any atom is 0.227 e. The Bertz CT molecular complexity index is 634. The summed E-state index contributed by atoms with van der Waals surface area (Å²) in [5, 5.41) is 6.64. The number of nitrogens with zero attached hydrogens (tertiary/aromatic N) is 2. The molecule has 0 saturated carbocycles. The molecule has 5 heteroatoms. The van der Waals surface area contributed by atoms with Crippen LogP contribution in [0.5, 0.6) is 0 Å². The van der Waals surface area contributed by atoms with Crippen molar-refractivity contribution in [3.63, 3.8) is 0 Å². The van der Waals surface area contributed by atoms with Crippen LogP contribution in [0.25, 0.3) is 0 Å². The Kier molecular flexibility index (Phi) is 3.50. The number of aromatic nitrogens is 2. The van der Waals surface area contributed by atoms with Gasteiger partial charge in [0.25, 0.3) is 0 Å². The monoisotopic (exact) mass is 271 g/mol. The Hall–Kier alpha value is -2.17. The van der Waals surface area contributed by atoms with Crippen molar-refractivity contribution in [1.82, 2.24) is 15.5 Å². The Morgan fingerprint density at radius 2 is 2.30 bits per heavy atom. The van der Waals surface area contributed by atoms with Gasteiger partial charge in [-0.05, 0) is 37.3 Å². The second kappa shape index (κ2) is 5.45. The number of hydrogen-bond donors (Lipinski definition) is 1. The van der Waals surface area contributed by atoms with Gasteiger partial charge < -0.3 is 9.84 Å². The van der Waals surface area contributed by atoms with Gasteiger partial charge in [-0.25, -0.2) is 0 Å². The van der Waals surface area contributed by atoms with Gasteiger partial charge >= 0.3 is 0 Å². The minimum Gasteiger partial charge on any atom is -0.361 e. The first-order valence-corrected chi connectivity index (χ1v) is 6.86. The lowest BCUT2D eigenvalue weighted by molar-refractivity contribution is -0.120.